The van der Waals surface area contributed by atoms with E-state index in [1.165, 1.54) is 37.1 Å². The Labute approximate surface area is 137 Å². The van der Waals surface area contributed by atoms with Crippen LogP contribution in [0.4, 0.5) is 5.69 Å². The summed E-state index contributed by atoms with van der Waals surface area (Å²) in [6.45, 7) is 5.18. The summed E-state index contributed by atoms with van der Waals surface area (Å²) in [4.78, 5) is 9.96. The molecule has 2 N–H and O–H groups in total. The van der Waals surface area contributed by atoms with Crippen LogP contribution in [0.3, 0.4) is 0 Å². The van der Waals surface area contributed by atoms with Crippen molar-refractivity contribution in [3.05, 3.63) is 34.4 Å². The van der Waals surface area contributed by atoms with Gasteiger partial charge in [0.25, 0.3) is 5.69 Å². The van der Waals surface area contributed by atoms with E-state index in [2.05, 4.69) is 17.0 Å². The molecule has 0 saturated carbocycles. The third-order valence-electron chi connectivity index (χ3n) is 3.37. The zero-order valence-electron chi connectivity index (χ0n) is 13.6. The molecule has 0 fully saturated rings. The number of hydrogen-bond acceptors (Lipinski definition) is 5. The quantitative estimate of drug-likeness (QED) is 0.365. The molecule has 0 saturated heterocycles. The summed E-state index contributed by atoms with van der Waals surface area (Å²) in [5.74, 6) is 0. The minimum absolute atomic E-state index is 0.306. The molecule has 0 amide bonds. The number of nitro groups is 1. The lowest BCUT2D eigenvalue weighted by atomic mass is 10.2. The second kappa shape index (κ2) is 9.59. The Hall–Kier alpha value is -1.51. The summed E-state index contributed by atoms with van der Waals surface area (Å²) >= 11 is 0. The number of para-hydroxylation sites is 1. The average molecular weight is 343 g/mol. The number of nitro benzene ring substituents is 1. The van der Waals surface area contributed by atoms with Crippen molar-refractivity contribution in [3.8, 4) is 0 Å². The van der Waals surface area contributed by atoms with E-state index >= 15 is 0 Å². The maximum Gasteiger partial charge on any atom is 0.289 e. The van der Waals surface area contributed by atoms with Crippen LogP contribution in [0.15, 0.2) is 29.2 Å². The van der Waals surface area contributed by atoms with Gasteiger partial charge in [-0.3, -0.25) is 10.1 Å². The van der Waals surface area contributed by atoms with Crippen molar-refractivity contribution in [2.45, 2.75) is 50.5 Å². The van der Waals surface area contributed by atoms with Gasteiger partial charge in [-0.2, -0.15) is 0 Å². The molecule has 0 aliphatic heterocycles. The molecular formula is C15H25N3O4S. The highest BCUT2D eigenvalue weighted by Crippen LogP contribution is 2.22. The minimum Gasteiger partial charge on any atom is -0.315 e. The number of rotatable bonds is 11. The van der Waals surface area contributed by atoms with E-state index < -0.39 is 20.6 Å². The first-order valence-electron chi connectivity index (χ1n) is 7.85. The van der Waals surface area contributed by atoms with Gasteiger partial charge in [0.2, 0.25) is 10.0 Å². The Morgan fingerprint density at radius 1 is 1.22 bits per heavy atom. The van der Waals surface area contributed by atoms with Crippen molar-refractivity contribution in [2.75, 3.05) is 13.1 Å². The summed E-state index contributed by atoms with van der Waals surface area (Å²) in [7, 11) is -3.92. The van der Waals surface area contributed by atoms with Gasteiger partial charge in [-0.1, -0.05) is 38.3 Å². The highest BCUT2D eigenvalue weighted by molar-refractivity contribution is 7.89. The van der Waals surface area contributed by atoms with Gasteiger partial charge in [0.1, 0.15) is 0 Å². The molecule has 0 aliphatic rings. The van der Waals surface area contributed by atoms with Crippen molar-refractivity contribution in [3.63, 3.8) is 0 Å². The van der Waals surface area contributed by atoms with Crippen LogP contribution in [0.25, 0.3) is 0 Å². The Balaban J connectivity index is 2.57. The molecule has 23 heavy (non-hydrogen) atoms. The molecule has 1 rings (SSSR count). The number of nitrogens with one attached hydrogen (secondary N) is 2. The lowest BCUT2D eigenvalue weighted by Crippen LogP contribution is -2.40. The molecule has 0 aromatic heterocycles. The molecule has 0 aliphatic carbocycles. The van der Waals surface area contributed by atoms with Gasteiger partial charge in [0.15, 0.2) is 4.90 Å². The third-order valence-corrected chi connectivity index (χ3v) is 5.00. The maximum atomic E-state index is 12.3. The first-order chi connectivity index (χ1) is 10.9. The van der Waals surface area contributed by atoms with Gasteiger partial charge in [-0.25, -0.2) is 13.1 Å². The molecule has 1 unspecified atom stereocenters. The van der Waals surface area contributed by atoms with Crippen LogP contribution in [0.5, 0.6) is 0 Å². The Morgan fingerprint density at radius 3 is 2.57 bits per heavy atom. The standard InChI is InChI=1S/C15H25N3O4S/c1-3-4-5-8-11-16-12-13(2)17-23(21,22)15-10-7-6-9-14(15)18(19)20/h6-7,9-10,13,16-17H,3-5,8,11-12H2,1-2H3. The zero-order chi connectivity index (χ0) is 17.3. The summed E-state index contributed by atoms with van der Waals surface area (Å²) in [6, 6.07) is 4.98. The second-order valence-corrected chi connectivity index (χ2v) is 7.19. The molecule has 0 heterocycles. The maximum absolute atomic E-state index is 12.3. The van der Waals surface area contributed by atoms with Gasteiger partial charge in [-0.15, -0.1) is 0 Å². The van der Waals surface area contributed by atoms with Gasteiger partial charge < -0.3 is 5.32 Å². The fraction of sp³-hybridized carbons (Fsp3) is 0.600. The van der Waals surface area contributed by atoms with E-state index in [0.29, 0.717) is 6.54 Å². The largest absolute Gasteiger partial charge is 0.315 e. The molecule has 130 valence electrons. The van der Waals surface area contributed by atoms with Crippen molar-refractivity contribution in [1.29, 1.82) is 0 Å². The summed E-state index contributed by atoms with van der Waals surface area (Å²) in [5.41, 5.74) is -0.417. The predicted molar refractivity (Wildman–Crippen MR) is 89.9 cm³/mol. The van der Waals surface area contributed by atoms with E-state index in [-0.39, 0.29) is 10.9 Å². The van der Waals surface area contributed by atoms with Crippen molar-refractivity contribution in [1.82, 2.24) is 10.0 Å². The molecule has 0 bridgehead atoms. The molecule has 1 atom stereocenters. The highest BCUT2D eigenvalue weighted by Gasteiger charge is 2.26. The highest BCUT2D eigenvalue weighted by atomic mass is 32.2. The number of benzene rings is 1. The normalized spacial score (nSPS) is 13.0. The van der Waals surface area contributed by atoms with E-state index in [0.717, 1.165) is 19.4 Å². The van der Waals surface area contributed by atoms with Crippen LogP contribution < -0.4 is 10.0 Å². The van der Waals surface area contributed by atoms with Crippen molar-refractivity contribution < 1.29 is 13.3 Å². The fourth-order valence-corrected chi connectivity index (χ4v) is 3.62. The van der Waals surface area contributed by atoms with Gasteiger partial charge in [0, 0.05) is 18.7 Å². The number of hydrogen-bond donors (Lipinski definition) is 2. The Bertz CT molecular complexity index is 604. The summed E-state index contributed by atoms with van der Waals surface area (Å²) in [6.07, 6.45) is 4.57. The van der Waals surface area contributed by atoms with E-state index in [1.807, 2.05) is 0 Å². The Kier molecular flexibility index (Phi) is 8.15. The lowest BCUT2D eigenvalue weighted by molar-refractivity contribution is -0.387. The summed E-state index contributed by atoms with van der Waals surface area (Å²) < 4.78 is 27.1. The first-order valence-corrected chi connectivity index (χ1v) is 9.33. The first kappa shape index (κ1) is 19.5. The van der Waals surface area contributed by atoms with E-state index in [4.69, 9.17) is 0 Å². The molecule has 0 radical (unpaired) electrons. The van der Waals surface area contributed by atoms with Crippen LogP contribution in [0, 0.1) is 10.1 Å². The molecule has 1 aromatic rings. The monoisotopic (exact) mass is 343 g/mol. The second-order valence-electron chi connectivity index (χ2n) is 5.51. The number of nitrogens with zero attached hydrogens (tertiary/aromatic N) is 1. The van der Waals surface area contributed by atoms with Crippen LogP contribution >= 0.6 is 0 Å². The number of unbranched alkanes of at least 4 members (excludes halogenated alkanes) is 3. The Morgan fingerprint density at radius 2 is 1.91 bits per heavy atom. The molecule has 0 spiro atoms. The van der Waals surface area contributed by atoms with E-state index in [1.54, 1.807) is 6.92 Å². The van der Waals surface area contributed by atoms with Crippen LogP contribution in [0.2, 0.25) is 0 Å². The zero-order valence-corrected chi connectivity index (χ0v) is 14.4. The van der Waals surface area contributed by atoms with Crippen LogP contribution in [-0.2, 0) is 10.0 Å². The molecule has 1 aromatic carbocycles. The lowest BCUT2D eigenvalue weighted by Gasteiger charge is -2.15. The van der Waals surface area contributed by atoms with Gasteiger partial charge in [-0.05, 0) is 26.0 Å². The molecule has 8 heteroatoms. The van der Waals surface area contributed by atoms with Gasteiger partial charge >= 0.3 is 0 Å². The average Bonchev–Trinajstić information content (AvgIpc) is 2.50. The summed E-state index contributed by atoms with van der Waals surface area (Å²) in [5, 5.41) is 14.1. The minimum atomic E-state index is -3.92. The van der Waals surface area contributed by atoms with Crippen LogP contribution in [-0.4, -0.2) is 32.5 Å². The van der Waals surface area contributed by atoms with Gasteiger partial charge in [0.05, 0.1) is 4.92 Å². The third kappa shape index (κ3) is 6.64. The smallest absolute Gasteiger partial charge is 0.289 e. The van der Waals surface area contributed by atoms with E-state index in [9.17, 15) is 18.5 Å². The topological polar surface area (TPSA) is 101 Å². The number of sulfonamides is 1. The van der Waals surface area contributed by atoms with Crippen molar-refractivity contribution in [2.24, 2.45) is 0 Å². The SMILES string of the molecule is CCCCCCNCC(C)NS(=O)(=O)c1ccccc1[N+](=O)[O-]. The van der Waals surface area contributed by atoms with Crippen LogP contribution in [0.1, 0.15) is 39.5 Å². The fourth-order valence-electron chi connectivity index (χ4n) is 2.20. The molecular weight excluding hydrogens is 318 g/mol. The van der Waals surface area contributed by atoms with Crippen molar-refractivity contribution >= 4 is 15.7 Å². The predicted octanol–water partition coefficient (Wildman–Crippen LogP) is 2.43. The molecule has 7 nitrogen and oxygen atoms in total.